The minimum Gasteiger partial charge on any atom is -0.352 e. The highest BCUT2D eigenvalue weighted by molar-refractivity contribution is 5.97. The Labute approximate surface area is 104 Å². The van der Waals surface area contributed by atoms with Crippen LogP contribution in [0.4, 0.5) is 0 Å². The predicted molar refractivity (Wildman–Crippen MR) is 67.3 cm³/mol. The standard InChI is InChI=1S/C12H15N5O/c1-7-10-2-9(6-14-11(10)17-16-7)12(18)15-5-8-3-13-4-8/h2,6,8,13H,3-5H2,1H3,(H,15,18)(H,14,16,17). The lowest BCUT2D eigenvalue weighted by molar-refractivity contribution is 0.0942. The molecule has 1 aliphatic heterocycles. The van der Waals surface area contributed by atoms with Crippen molar-refractivity contribution >= 4 is 16.9 Å². The van der Waals surface area contributed by atoms with Crippen molar-refractivity contribution in [3.05, 3.63) is 23.5 Å². The predicted octanol–water partition coefficient (Wildman–Crippen LogP) is 0.216. The summed E-state index contributed by atoms with van der Waals surface area (Å²) >= 11 is 0. The fraction of sp³-hybridized carbons (Fsp3) is 0.417. The van der Waals surface area contributed by atoms with Crippen LogP contribution in [0.3, 0.4) is 0 Å². The van der Waals surface area contributed by atoms with Crippen molar-refractivity contribution in [1.82, 2.24) is 25.8 Å². The van der Waals surface area contributed by atoms with Gasteiger partial charge >= 0.3 is 0 Å². The van der Waals surface area contributed by atoms with Crippen molar-refractivity contribution in [2.45, 2.75) is 6.92 Å². The topological polar surface area (TPSA) is 82.7 Å². The molecular formula is C12H15N5O. The maximum Gasteiger partial charge on any atom is 0.252 e. The smallest absolute Gasteiger partial charge is 0.252 e. The van der Waals surface area contributed by atoms with Gasteiger partial charge in [-0.1, -0.05) is 0 Å². The molecular weight excluding hydrogens is 230 g/mol. The Balaban J connectivity index is 1.75. The van der Waals surface area contributed by atoms with E-state index in [4.69, 9.17) is 0 Å². The lowest BCUT2D eigenvalue weighted by Crippen LogP contribution is -2.48. The van der Waals surface area contributed by atoms with Gasteiger partial charge in [-0.2, -0.15) is 5.10 Å². The Morgan fingerprint density at radius 1 is 1.56 bits per heavy atom. The van der Waals surface area contributed by atoms with Crippen LogP contribution in [0.25, 0.3) is 11.0 Å². The van der Waals surface area contributed by atoms with Gasteiger partial charge in [0.2, 0.25) is 0 Å². The highest BCUT2D eigenvalue weighted by Gasteiger charge is 2.18. The molecule has 0 bridgehead atoms. The normalized spacial score (nSPS) is 15.6. The number of nitrogens with one attached hydrogen (secondary N) is 3. The van der Waals surface area contributed by atoms with Crippen LogP contribution in [0.1, 0.15) is 16.1 Å². The number of fused-ring (bicyclic) bond motifs is 1. The molecule has 94 valence electrons. The third-order valence-corrected chi connectivity index (χ3v) is 3.28. The summed E-state index contributed by atoms with van der Waals surface area (Å²) in [7, 11) is 0. The number of amides is 1. The summed E-state index contributed by atoms with van der Waals surface area (Å²) < 4.78 is 0. The van der Waals surface area contributed by atoms with Crippen molar-refractivity contribution in [2.75, 3.05) is 19.6 Å². The molecule has 3 N–H and O–H groups in total. The van der Waals surface area contributed by atoms with Crippen LogP contribution in [0, 0.1) is 12.8 Å². The second kappa shape index (κ2) is 4.38. The molecule has 6 nitrogen and oxygen atoms in total. The van der Waals surface area contributed by atoms with Gasteiger partial charge in [0.25, 0.3) is 5.91 Å². The number of hydrogen-bond donors (Lipinski definition) is 3. The van der Waals surface area contributed by atoms with E-state index in [9.17, 15) is 4.79 Å². The third kappa shape index (κ3) is 1.95. The Morgan fingerprint density at radius 3 is 3.11 bits per heavy atom. The molecule has 3 heterocycles. The number of aryl methyl sites for hydroxylation is 1. The molecule has 0 spiro atoms. The summed E-state index contributed by atoms with van der Waals surface area (Å²) in [5, 5.41) is 13.9. The Bertz CT molecular complexity index is 587. The molecule has 0 radical (unpaired) electrons. The van der Waals surface area contributed by atoms with Crippen LogP contribution >= 0.6 is 0 Å². The quantitative estimate of drug-likeness (QED) is 0.722. The molecule has 1 fully saturated rings. The van der Waals surface area contributed by atoms with Gasteiger partial charge in [-0.25, -0.2) is 4.98 Å². The minimum atomic E-state index is -0.0723. The van der Waals surface area contributed by atoms with E-state index in [-0.39, 0.29) is 5.91 Å². The van der Waals surface area contributed by atoms with E-state index >= 15 is 0 Å². The molecule has 1 saturated heterocycles. The van der Waals surface area contributed by atoms with Crippen molar-refractivity contribution in [3.63, 3.8) is 0 Å². The van der Waals surface area contributed by atoms with Crippen molar-refractivity contribution in [1.29, 1.82) is 0 Å². The number of carbonyl (C=O) groups is 1. The van der Waals surface area contributed by atoms with E-state index < -0.39 is 0 Å². The van der Waals surface area contributed by atoms with E-state index in [2.05, 4.69) is 25.8 Å². The summed E-state index contributed by atoms with van der Waals surface area (Å²) in [5.41, 5.74) is 2.15. The first-order chi connectivity index (χ1) is 8.74. The molecule has 3 rings (SSSR count). The van der Waals surface area contributed by atoms with Crippen molar-refractivity contribution in [2.24, 2.45) is 5.92 Å². The molecule has 2 aromatic rings. The van der Waals surface area contributed by atoms with Gasteiger partial charge in [-0.15, -0.1) is 0 Å². The number of hydrogen-bond acceptors (Lipinski definition) is 4. The molecule has 1 aliphatic rings. The number of H-pyrrole nitrogens is 1. The highest BCUT2D eigenvalue weighted by atomic mass is 16.1. The Hall–Kier alpha value is -1.95. The summed E-state index contributed by atoms with van der Waals surface area (Å²) in [6.07, 6.45) is 1.57. The molecule has 0 saturated carbocycles. The zero-order chi connectivity index (χ0) is 12.5. The molecule has 1 amide bonds. The lowest BCUT2D eigenvalue weighted by Gasteiger charge is -2.27. The van der Waals surface area contributed by atoms with Crippen LogP contribution in [0.5, 0.6) is 0 Å². The van der Waals surface area contributed by atoms with E-state index in [1.54, 1.807) is 6.20 Å². The largest absolute Gasteiger partial charge is 0.352 e. The highest BCUT2D eigenvalue weighted by Crippen LogP contribution is 2.14. The van der Waals surface area contributed by atoms with Crippen LogP contribution in [-0.4, -0.2) is 40.7 Å². The number of aromatic amines is 1. The lowest BCUT2D eigenvalue weighted by atomic mass is 10.0. The van der Waals surface area contributed by atoms with Gasteiger partial charge < -0.3 is 10.6 Å². The van der Waals surface area contributed by atoms with Crippen LogP contribution in [0.2, 0.25) is 0 Å². The Morgan fingerprint density at radius 2 is 2.39 bits per heavy atom. The van der Waals surface area contributed by atoms with E-state index in [1.807, 2.05) is 13.0 Å². The fourth-order valence-corrected chi connectivity index (χ4v) is 1.98. The maximum atomic E-state index is 12.0. The second-order valence-corrected chi connectivity index (χ2v) is 4.68. The number of rotatable bonds is 3. The van der Waals surface area contributed by atoms with Crippen molar-refractivity contribution in [3.8, 4) is 0 Å². The summed E-state index contributed by atoms with van der Waals surface area (Å²) in [6, 6.07) is 1.83. The number of carbonyl (C=O) groups excluding carboxylic acids is 1. The zero-order valence-corrected chi connectivity index (χ0v) is 10.2. The molecule has 0 atom stereocenters. The molecule has 0 unspecified atom stereocenters. The van der Waals surface area contributed by atoms with Gasteiger partial charge in [-0.05, 0) is 13.0 Å². The number of aromatic nitrogens is 3. The number of nitrogens with zero attached hydrogens (tertiary/aromatic N) is 2. The number of pyridine rings is 1. The molecule has 18 heavy (non-hydrogen) atoms. The minimum absolute atomic E-state index is 0.0723. The molecule has 0 aliphatic carbocycles. The molecule has 0 aromatic carbocycles. The molecule has 2 aromatic heterocycles. The van der Waals surface area contributed by atoms with Crippen LogP contribution in [0.15, 0.2) is 12.3 Å². The zero-order valence-electron chi connectivity index (χ0n) is 10.2. The maximum absolute atomic E-state index is 12.0. The van der Waals surface area contributed by atoms with Crippen molar-refractivity contribution < 1.29 is 4.79 Å². The second-order valence-electron chi connectivity index (χ2n) is 4.68. The summed E-state index contributed by atoms with van der Waals surface area (Å²) in [5.74, 6) is 0.484. The summed E-state index contributed by atoms with van der Waals surface area (Å²) in [4.78, 5) is 16.1. The van der Waals surface area contributed by atoms with E-state index in [0.29, 0.717) is 23.7 Å². The van der Waals surface area contributed by atoms with Gasteiger partial charge in [0.1, 0.15) is 0 Å². The first-order valence-electron chi connectivity index (χ1n) is 6.03. The summed E-state index contributed by atoms with van der Waals surface area (Å²) in [6.45, 7) is 4.60. The average Bonchev–Trinajstić information content (AvgIpc) is 2.68. The van der Waals surface area contributed by atoms with Gasteiger partial charge in [0.15, 0.2) is 5.65 Å². The Kier molecular flexibility index (Phi) is 2.71. The van der Waals surface area contributed by atoms with Crippen LogP contribution in [-0.2, 0) is 0 Å². The monoisotopic (exact) mass is 245 g/mol. The van der Waals surface area contributed by atoms with E-state index in [0.717, 1.165) is 24.2 Å². The van der Waals surface area contributed by atoms with Crippen LogP contribution < -0.4 is 10.6 Å². The first kappa shape index (κ1) is 11.2. The van der Waals surface area contributed by atoms with Gasteiger partial charge in [0, 0.05) is 42.8 Å². The average molecular weight is 245 g/mol. The molecule has 6 heteroatoms. The fourth-order valence-electron chi connectivity index (χ4n) is 1.98. The van der Waals surface area contributed by atoms with E-state index in [1.165, 1.54) is 0 Å². The van der Waals surface area contributed by atoms with Gasteiger partial charge in [0.05, 0.1) is 5.56 Å². The first-order valence-corrected chi connectivity index (χ1v) is 6.03. The third-order valence-electron chi connectivity index (χ3n) is 3.28. The SMILES string of the molecule is Cc1[nH]nc2ncc(C(=O)NCC3CNC3)cc12. The van der Waals surface area contributed by atoms with Gasteiger partial charge in [-0.3, -0.25) is 9.89 Å².